The van der Waals surface area contributed by atoms with Crippen molar-refractivity contribution in [3.8, 4) is 11.1 Å². The monoisotopic (exact) mass is 452 g/mol. The summed E-state index contributed by atoms with van der Waals surface area (Å²) in [7, 11) is -7.56. The minimum absolute atomic E-state index is 0.131. The molecule has 0 fully saturated rings. The average molecular weight is 453 g/mol. The molecule has 2 aromatic carbocycles. The van der Waals surface area contributed by atoms with Crippen molar-refractivity contribution in [1.29, 1.82) is 0 Å². The topological polar surface area (TPSA) is 74.8 Å². The van der Waals surface area contributed by atoms with Crippen LogP contribution in [0.3, 0.4) is 0 Å². The molecule has 0 unspecified atom stereocenters. The lowest BCUT2D eigenvalue weighted by molar-refractivity contribution is 0.444. The molecule has 2 aromatic rings. The Kier molecular flexibility index (Phi) is 7.85. The Balaban J connectivity index is 2.89. The van der Waals surface area contributed by atoms with Crippen molar-refractivity contribution in [3.63, 3.8) is 0 Å². The molecule has 0 aliphatic rings. The fraction of sp³-hybridized carbons (Fsp3) is 0.455. The third-order valence-corrected chi connectivity index (χ3v) is 9.39. The quantitative estimate of drug-likeness (QED) is 0.576. The third-order valence-electron chi connectivity index (χ3n) is 5.21. The van der Waals surface area contributed by atoms with Gasteiger partial charge in [-0.1, -0.05) is 52.0 Å². The second kappa shape index (κ2) is 9.60. The number of rotatable bonds is 9. The van der Waals surface area contributed by atoms with Gasteiger partial charge in [-0.15, -0.1) is 0 Å². The first-order chi connectivity index (χ1) is 14.0. The third kappa shape index (κ3) is 4.61. The summed E-state index contributed by atoms with van der Waals surface area (Å²) in [6.45, 7) is 12.2. The Morgan fingerprint density at radius 1 is 0.600 bits per heavy atom. The maximum Gasteiger partial charge on any atom is 0.243 e. The van der Waals surface area contributed by atoms with E-state index in [4.69, 9.17) is 0 Å². The number of nitrogens with zero attached hydrogens (tertiary/aromatic N) is 2. The standard InChI is InChI=1S/C22H32N2O4S2/c1-7-23(8-2)29(25,26)21-15-17(5)11-13-19(21)20-14-12-18(6)16-22(20)30(27,28)24(9-3)10-4/h11-16H,7-10H2,1-6H3. The lowest BCUT2D eigenvalue weighted by atomic mass is 10.0. The van der Waals surface area contributed by atoms with Gasteiger partial charge < -0.3 is 0 Å². The molecule has 0 bridgehead atoms. The van der Waals surface area contributed by atoms with E-state index in [2.05, 4.69) is 0 Å². The lowest BCUT2D eigenvalue weighted by Crippen LogP contribution is -2.32. The number of aryl methyl sites for hydroxylation is 2. The summed E-state index contributed by atoms with van der Waals surface area (Å²) in [4.78, 5) is 0.261. The van der Waals surface area contributed by atoms with E-state index in [9.17, 15) is 16.8 Å². The van der Waals surface area contributed by atoms with Crippen molar-refractivity contribution >= 4 is 20.0 Å². The molecule has 8 heteroatoms. The van der Waals surface area contributed by atoms with E-state index in [1.807, 2.05) is 26.0 Å². The Morgan fingerprint density at radius 2 is 0.900 bits per heavy atom. The number of hydrogen-bond donors (Lipinski definition) is 0. The minimum atomic E-state index is -3.78. The first kappa shape index (κ1) is 24.5. The Bertz CT molecular complexity index is 1010. The van der Waals surface area contributed by atoms with Crippen molar-refractivity contribution < 1.29 is 16.8 Å². The summed E-state index contributed by atoms with van der Waals surface area (Å²) in [5, 5.41) is 0. The number of benzene rings is 2. The van der Waals surface area contributed by atoms with Crippen molar-refractivity contribution in [2.45, 2.75) is 51.3 Å². The zero-order chi connectivity index (χ0) is 22.7. The molecule has 0 radical (unpaired) electrons. The van der Waals surface area contributed by atoms with E-state index in [1.54, 1.807) is 52.0 Å². The fourth-order valence-corrected chi connectivity index (χ4v) is 7.03. The molecule has 0 amide bonds. The fourth-order valence-electron chi connectivity index (χ4n) is 3.54. The Hall–Kier alpha value is -1.74. The highest BCUT2D eigenvalue weighted by Crippen LogP contribution is 2.36. The SMILES string of the molecule is CCN(CC)S(=O)(=O)c1cc(C)ccc1-c1ccc(C)cc1S(=O)(=O)N(CC)CC. The van der Waals surface area contributed by atoms with Crippen LogP contribution in [0, 0.1) is 13.8 Å². The molecule has 0 aliphatic heterocycles. The van der Waals surface area contributed by atoms with E-state index in [1.165, 1.54) is 8.61 Å². The van der Waals surface area contributed by atoms with Crippen molar-refractivity contribution in [2.24, 2.45) is 0 Å². The first-order valence-electron chi connectivity index (χ1n) is 10.3. The van der Waals surface area contributed by atoms with Gasteiger partial charge in [0.2, 0.25) is 20.0 Å². The van der Waals surface area contributed by atoms with Crippen molar-refractivity contribution in [3.05, 3.63) is 47.5 Å². The van der Waals surface area contributed by atoms with Gasteiger partial charge in [0.05, 0.1) is 9.79 Å². The normalized spacial score (nSPS) is 12.7. The van der Waals surface area contributed by atoms with Crippen LogP contribution < -0.4 is 0 Å². The molecule has 0 aromatic heterocycles. The van der Waals surface area contributed by atoms with Crippen LogP contribution in [0.15, 0.2) is 46.2 Å². The zero-order valence-corrected chi connectivity index (χ0v) is 20.3. The molecule has 30 heavy (non-hydrogen) atoms. The van der Waals surface area contributed by atoms with E-state index in [0.29, 0.717) is 37.3 Å². The molecule has 0 heterocycles. The van der Waals surface area contributed by atoms with E-state index in [0.717, 1.165) is 11.1 Å². The highest BCUT2D eigenvalue weighted by Gasteiger charge is 2.30. The van der Waals surface area contributed by atoms with Crippen molar-refractivity contribution in [1.82, 2.24) is 8.61 Å². The molecule has 2 rings (SSSR count). The molecule has 0 saturated carbocycles. The summed E-state index contributed by atoms with van der Waals surface area (Å²) < 4.78 is 56.3. The summed E-state index contributed by atoms with van der Waals surface area (Å²) in [6, 6.07) is 10.3. The number of sulfonamides is 2. The molecule has 0 spiro atoms. The van der Waals surface area contributed by atoms with Gasteiger partial charge in [0, 0.05) is 37.3 Å². The first-order valence-corrected chi connectivity index (χ1v) is 13.1. The van der Waals surface area contributed by atoms with Gasteiger partial charge in [-0.25, -0.2) is 16.8 Å². The van der Waals surface area contributed by atoms with Crippen LogP contribution in [0.5, 0.6) is 0 Å². The maximum absolute atomic E-state index is 13.4. The Morgan fingerprint density at radius 3 is 1.17 bits per heavy atom. The summed E-state index contributed by atoms with van der Waals surface area (Å²) in [5.41, 5.74) is 2.39. The molecule has 0 atom stereocenters. The van der Waals surface area contributed by atoms with Gasteiger partial charge in [-0.05, 0) is 37.1 Å². The number of hydrogen-bond acceptors (Lipinski definition) is 4. The van der Waals surface area contributed by atoms with Gasteiger partial charge in [0.1, 0.15) is 0 Å². The summed E-state index contributed by atoms with van der Waals surface area (Å²) in [5.74, 6) is 0. The van der Waals surface area contributed by atoms with E-state index >= 15 is 0 Å². The lowest BCUT2D eigenvalue weighted by Gasteiger charge is -2.24. The van der Waals surface area contributed by atoms with Gasteiger partial charge in [0.15, 0.2) is 0 Å². The predicted molar refractivity (Wildman–Crippen MR) is 122 cm³/mol. The van der Waals surface area contributed by atoms with Crippen LogP contribution in [0.1, 0.15) is 38.8 Å². The van der Waals surface area contributed by atoms with Gasteiger partial charge >= 0.3 is 0 Å². The summed E-state index contributed by atoms with van der Waals surface area (Å²) >= 11 is 0. The van der Waals surface area contributed by atoms with Crippen LogP contribution in [-0.2, 0) is 20.0 Å². The molecule has 166 valence electrons. The smallest absolute Gasteiger partial charge is 0.207 e. The van der Waals surface area contributed by atoms with Crippen LogP contribution in [0.25, 0.3) is 11.1 Å². The van der Waals surface area contributed by atoms with Crippen molar-refractivity contribution in [2.75, 3.05) is 26.2 Å². The molecule has 0 N–H and O–H groups in total. The van der Waals surface area contributed by atoms with Gasteiger partial charge in [-0.3, -0.25) is 0 Å². The zero-order valence-electron chi connectivity index (χ0n) is 18.6. The molecule has 0 saturated heterocycles. The van der Waals surface area contributed by atoms with Crippen LogP contribution in [-0.4, -0.2) is 51.6 Å². The van der Waals surface area contributed by atoms with Crippen LogP contribution in [0.4, 0.5) is 0 Å². The molecular formula is C22H32N2O4S2. The van der Waals surface area contributed by atoms with E-state index < -0.39 is 20.0 Å². The van der Waals surface area contributed by atoms with Gasteiger partial charge in [-0.2, -0.15) is 8.61 Å². The van der Waals surface area contributed by atoms with Crippen LogP contribution >= 0.6 is 0 Å². The Labute approximate surface area is 181 Å². The van der Waals surface area contributed by atoms with Gasteiger partial charge in [0.25, 0.3) is 0 Å². The minimum Gasteiger partial charge on any atom is -0.207 e. The average Bonchev–Trinajstić information content (AvgIpc) is 2.69. The molecule has 6 nitrogen and oxygen atoms in total. The molecule has 0 aliphatic carbocycles. The highest BCUT2D eigenvalue weighted by atomic mass is 32.2. The largest absolute Gasteiger partial charge is 0.243 e. The molecular weight excluding hydrogens is 420 g/mol. The second-order valence-corrected chi connectivity index (χ2v) is 11.0. The van der Waals surface area contributed by atoms with E-state index in [-0.39, 0.29) is 9.79 Å². The summed E-state index contributed by atoms with van der Waals surface area (Å²) in [6.07, 6.45) is 0. The second-order valence-electron chi connectivity index (χ2n) is 7.18. The maximum atomic E-state index is 13.4. The highest BCUT2D eigenvalue weighted by molar-refractivity contribution is 7.89. The van der Waals surface area contributed by atoms with Crippen LogP contribution in [0.2, 0.25) is 0 Å². The predicted octanol–water partition coefficient (Wildman–Crippen LogP) is 4.03.